The van der Waals surface area contributed by atoms with Gasteiger partial charge in [0.1, 0.15) is 0 Å². The lowest BCUT2D eigenvalue weighted by Crippen LogP contribution is -2.48. The van der Waals surface area contributed by atoms with Crippen molar-refractivity contribution in [2.45, 2.75) is 52.1 Å². The van der Waals surface area contributed by atoms with Crippen LogP contribution in [-0.4, -0.2) is 11.9 Å². The molecule has 1 amide bonds. The minimum atomic E-state index is -0.406. The summed E-state index contributed by atoms with van der Waals surface area (Å²) in [4.78, 5) is 12.5. The van der Waals surface area contributed by atoms with E-state index in [0.29, 0.717) is 0 Å². The summed E-state index contributed by atoms with van der Waals surface area (Å²) in [5.41, 5.74) is 8.07. The minimum Gasteiger partial charge on any atom is -0.349 e. The molecule has 3 atom stereocenters. The summed E-state index contributed by atoms with van der Waals surface area (Å²) in [5, 5.41) is 3.13. The molecule has 0 heterocycles. The first-order valence-electron chi connectivity index (χ1n) is 7.07. The van der Waals surface area contributed by atoms with Gasteiger partial charge in [0, 0.05) is 6.04 Å². The van der Waals surface area contributed by atoms with Gasteiger partial charge in [-0.3, -0.25) is 4.79 Å². The number of aryl methyl sites for hydroxylation is 1. The maximum atomic E-state index is 12.5. The molecule has 2 rings (SSSR count). The van der Waals surface area contributed by atoms with Gasteiger partial charge in [-0.25, -0.2) is 0 Å². The van der Waals surface area contributed by atoms with Gasteiger partial charge in [-0.15, -0.1) is 0 Å². The molecule has 0 bridgehead atoms. The van der Waals surface area contributed by atoms with E-state index in [1.165, 1.54) is 11.1 Å². The molecule has 0 aliphatic heterocycles. The molecule has 1 aliphatic carbocycles. The highest BCUT2D eigenvalue weighted by Crippen LogP contribution is 2.37. The molecule has 1 aromatic rings. The fourth-order valence-electron chi connectivity index (χ4n) is 2.99. The van der Waals surface area contributed by atoms with Crippen molar-refractivity contribution in [1.29, 1.82) is 0 Å². The lowest BCUT2D eigenvalue weighted by Gasteiger charge is -2.29. The number of hydrogen-bond acceptors (Lipinski definition) is 2. The molecular formula is C16H24N2O. The smallest absolute Gasteiger partial charge is 0.227 e. The second-order valence-corrected chi connectivity index (χ2v) is 5.97. The van der Waals surface area contributed by atoms with E-state index in [2.05, 4.69) is 24.4 Å². The second kappa shape index (κ2) is 5.33. The van der Waals surface area contributed by atoms with E-state index in [1.54, 1.807) is 0 Å². The van der Waals surface area contributed by atoms with Crippen molar-refractivity contribution >= 4 is 5.91 Å². The summed E-state index contributed by atoms with van der Waals surface area (Å²) in [5.74, 6) is 0.0910. The van der Waals surface area contributed by atoms with Gasteiger partial charge < -0.3 is 11.1 Å². The fraction of sp³-hybridized carbons (Fsp3) is 0.562. The van der Waals surface area contributed by atoms with Gasteiger partial charge in [0.05, 0.1) is 11.5 Å². The monoisotopic (exact) mass is 260 g/mol. The third-order valence-corrected chi connectivity index (χ3v) is 4.55. The number of nitrogens with two attached hydrogens (primary N) is 1. The van der Waals surface area contributed by atoms with Crippen molar-refractivity contribution in [3.05, 3.63) is 35.4 Å². The summed E-state index contributed by atoms with van der Waals surface area (Å²) >= 11 is 0. The molecule has 0 saturated heterocycles. The highest BCUT2D eigenvalue weighted by Gasteiger charge is 2.43. The molecular weight excluding hydrogens is 236 g/mol. The molecule has 1 aliphatic rings. The Morgan fingerprint density at radius 3 is 2.74 bits per heavy atom. The molecule has 0 spiro atoms. The van der Waals surface area contributed by atoms with E-state index in [0.717, 1.165) is 19.3 Å². The molecule has 104 valence electrons. The predicted octanol–water partition coefficient (Wildman–Crippen LogP) is 2.69. The van der Waals surface area contributed by atoms with Crippen LogP contribution < -0.4 is 11.1 Å². The van der Waals surface area contributed by atoms with E-state index < -0.39 is 5.41 Å². The number of nitrogens with one attached hydrogen (secondary N) is 1. The lowest BCUT2D eigenvalue weighted by molar-refractivity contribution is -0.131. The van der Waals surface area contributed by atoms with Gasteiger partial charge in [0.2, 0.25) is 5.91 Å². The summed E-state index contributed by atoms with van der Waals surface area (Å²) in [6, 6.07) is 8.17. The Hall–Kier alpha value is -1.35. The molecule has 2 unspecified atom stereocenters. The largest absolute Gasteiger partial charge is 0.349 e. The van der Waals surface area contributed by atoms with E-state index in [1.807, 2.05) is 26.0 Å². The zero-order valence-electron chi connectivity index (χ0n) is 12.1. The third kappa shape index (κ3) is 2.66. The van der Waals surface area contributed by atoms with Crippen molar-refractivity contribution in [1.82, 2.24) is 5.32 Å². The Morgan fingerprint density at radius 2 is 2.16 bits per heavy atom. The van der Waals surface area contributed by atoms with E-state index in [4.69, 9.17) is 5.73 Å². The van der Waals surface area contributed by atoms with Crippen LogP contribution in [0.3, 0.4) is 0 Å². The molecule has 3 N–H and O–H groups in total. The molecule has 1 saturated carbocycles. The third-order valence-electron chi connectivity index (χ3n) is 4.55. The van der Waals surface area contributed by atoms with Gasteiger partial charge in [-0.2, -0.15) is 0 Å². The van der Waals surface area contributed by atoms with Gasteiger partial charge in [0.25, 0.3) is 0 Å². The van der Waals surface area contributed by atoms with Crippen molar-refractivity contribution in [3.8, 4) is 0 Å². The van der Waals surface area contributed by atoms with Crippen LogP contribution in [0.5, 0.6) is 0 Å². The fourth-order valence-corrected chi connectivity index (χ4v) is 2.99. The SMILES string of the molecule is Cc1ccccc1[C@H](C)NC(=O)C1(C)CCCC1N. The Bertz CT molecular complexity index is 472. The van der Waals surface area contributed by atoms with E-state index in [-0.39, 0.29) is 18.0 Å². The van der Waals surface area contributed by atoms with Crippen molar-refractivity contribution in [3.63, 3.8) is 0 Å². The molecule has 3 heteroatoms. The molecule has 3 nitrogen and oxygen atoms in total. The molecule has 0 radical (unpaired) electrons. The highest BCUT2D eigenvalue weighted by atomic mass is 16.2. The maximum Gasteiger partial charge on any atom is 0.227 e. The van der Waals surface area contributed by atoms with Gasteiger partial charge >= 0.3 is 0 Å². The van der Waals surface area contributed by atoms with Gasteiger partial charge in [-0.1, -0.05) is 30.7 Å². The number of amides is 1. The summed E-state index contributed by atoms with van der Waals surface area (Å²) in [6.07, 6.45) is 2.88. The summed E-state index contributed by atoms with van der Waals surface area (Å²) in [6.45, 7) is 6.09. The molecule has 1 aromatic carbocycles. The summed E-state index contributed by atoms with van der Waals surface area (Å²) < 4.78 is 0. The molecule has 1 fully saturated rings. The number of benzene rings is 1. The molecule has 19 heavy (non-hydrogen) atoms. The quantitative estimate of drug-likeness (QED) is 0.878. The van der Waals surface area contributed by atoms with E-state index >= 15 is 0 Å². The van der Waals surface area contributed by atoms with Gasteiger partial charge in [-0.05, 0) is 44.7 Å². The van der Waals surface area contributed by atoms with E-state index in [9.17, 15) is 4.79 Å². The van der Waals surface area contributed by atoms with Crippen molar-refractivity contribution in [2.75, 3.05) is 0 Å². The van der Waals surface area contributed by atoms with Crippen molar-refractivity contribution in [2.24, 2.45) is 11.1 Å². The Labute approximate surface area is 115 Å². The topological polar surface area (TPSA) is 55.1 Å². The highest BCUT2D eigenvalue weighted by molar-refractivity contribution is 5.83. The summed E-state index contributed by atoms with van der Waals surface area (Å²) in [7, 11) is 0. The van der Waals surface area contributed by atoms with Gasteiger partial charge in [0.15, 0.2) is 0 Å². The lowest BCUT2D eigenvalue weighted by atomic mass is 9.83. The van der Waals surface area contributed by atoms with Crippen molar-refractivity contribution < 1.29 is 4.79 Å². The standard InChI is InChI=1S/C16H24N2O/c1-11-7-4-5-8-13(11)12(2)18-15(19)16(3)10-6-9-14(16)17/h4-5,7-8,12,14H,6,9-10,17H2,1-3H3,(H,18,19)/t12-,14?,16?/m0/s1. The zero-order valence-corrected chi connectivity index (χ0v) is 12.1. The van der Waals surface area contributed by atoms with Crippen LogP contribution in [0.2, 0.25) is 0 Å². The molecule has 0 aromatic heterocycles. The maximum absolute atomic E-state index is 12.5. The Morgan fingerprint density at radius 1 is 1.47 bits per heavy atom. The number of rotatable bonds is 3. The zero-order chi connectivity index (χ0) is 14.0. The predicted molar refractivity (Wildman–Crippen MR) is 77.7 cm³/mol. The second-order valence-electron chi connectivity index (χ2n) is 5.97. The average Bonchev–Trinajstić information content (AvgIpc) is 2.71. The first-order chi connectivity index (χ1) is 8.95. The minimum absolute atomic E-state index is 0.0171. The average molecular weight is 260 g/mol. The number of carbonyl (C=O) groups excluding carboxylic acids is 1. The first kappa shape index (κ1) is 14.1. The number of hydrogen-bond donors (Lipinski definition) is 2. The van der Waals surface area contributed by atoms with Crippen LogP contribution in [0.25, 0.3) is 0 Å². The van der Waals surface area contributed by atoms with Crippen LogP contribution in [0.1, 0.15) is 50.3 Å². The number of carbonyl (C=O) groups is 1. The van der Waals surface area contributed by atoms with Crippen LogP contribution in [0.4, 0.5) is 0 Å². The Kier molecular flexibility index (Phi) is 3.95. The van der Waals surface area contributed by atoms with Crippen LogP contribution >= 0.6 is 0 Å². The van der Waals surface area contributed by atoms with Crippen LogP contribution in [-0.2, 0) is 4.79 Å². The Balaban J connectivity index is 2.09. The first-order valence-corrected chi connectivity index (χ1v) is 7.07. The van der Waals surface area contributed by atoms with Crippen LogP contribution in [0.15, 0.2) is 24.3 Å². The van der Waals surface area contributed by atoms with Crippen LogP contribution in [0, 0.1) is 12.3 Å². The normalized spacial score (nSPS) is 28.1.